The highest BCUT2D eigenvalue weighted by Gasteiger charge is 2.18. The number of benzene rings is 6. The second-order valence-corrected chi connectivity index (χ2v) is 11.0. The highest BCUT2D eigenvalue weighted by atomic mass is 16.3. The van der Waals surface area contributed by atoms with Crippen LogP contribution in [-0.4, -0.2) is 14.5 Å². The van der Waals surface area contributed by atoms with Crippen molar-refractivity contribution in [2.45, 2.75) is 0 Å². The van der Waals surface area contributed by atoms with Crippen molar-refractivity contribution in [3.05, 3.63) is 152 Å². The smallest absolute Gasteiger partial charge is 0.161 e. The van der Waals surface area contributed by atoms with Gasteiger partial charge in [-0.05, 0) is 48.5 Å². The molecule has 0 atom stereocenters. The van der Waals surface area contributed by atoms with Crippen LogP contribution in [0.15, 0.2) is 156 Å². The lowest BCUT2D eigenvalue weighted by Gasteiger charge is -2.11. The molecular weight excluding hydrogens is 538 g/mol. The van der Waals surface area contributed by atoms with Gasteiger partial charge in [0.1, 0.15) is 11.2 Å². The predicted molar refractivity (Wildman–Crippen MR) is 180 cm³/mol. The molecule has 0 saturated carbocycles. The topological polar surface area (TPSA) is 43.9 Å². The van der Waals surface area contributed by atoms with E-state index < -0.39 is 0 Å². The van der Waals surface area contributed by atoms with E-state index in [9.17, 15) is 0 Å². The highest BCUT2D eigenvalue weighted by molar-refractivity contribution is 6.12. The standard InChI is InChI=1S/C40H25N3O/c1-3-12-26(13-4-1)33-25-34(42-40(41-33)31-18-11-21-38-39(31)30-17-8-10-20-37(30)44-38)27-22-23-36-32(24-27)29-16-7-9-19-35(29)43(36)28-14-5-2-6-15-28/h1-25H. The first-order valence-electron chi connectivity index (χ1n) is 14.8. The monoisotopic (exact) mass is 563 g/mol. The number of nitrogens with zero attached hydrogens (tertiary/aromatic N) is 3. The van der Waals surface area contributed by atoms with Gasteiger partial charge in [0.2, 0.25) is 0 Å². The molecule has 9 rings (SSSR count). The Labute approximate surface area is 253 Å². The summed E-state index contributed by atoms with van der Waals surface area (Å²) in [6.07, 6.45) is 0. The predicted octanol–water partition coefficient (Wildman–Crippen LogP) is 10.5. The van der Waals surface area contributed by atoms with E-state index in [0.29, 0.717) is 5.82 Å². The average molecular weight is 564 g/mol. The van der Waals surface area contributed by atoms with Gasteiger partial charge in [0.05, 0.1) is 22.4 Å². The summed E-state index contributed by atoms with van der Waals surface area (Å²) in [6.45, 7) is 0. The van der Waals surface area contributed by atoms with E-state index in [0.717, 1.165) is 61.2 Å². The molecule has 0 bridgehead atoms. The zero-order valence-corrected chi connectivity index (χ0v) is 23.7. The number of rotatable bonds is 4. The van der Waals surface area contributed by atoms with Crippen LogP contribution < -0.4 is 0 Å². The van der Waals surface area contributed by atoms with Crippen LogP contribution in [-0.2, 0) is 0 Å². The van der Waals surface area contributed by atoms with Gasteiger partial charge < -0.3 is 8.98 Å². The van der Waals surface area contributed by atoms with Crippen molar-refractivity contribution < 1.29 is 4.42 Å². The molecule has 0 fully saturated rings. The van der Waals surface area contributed by atoms with Crippen molar-refractivity contribution in [2.24, 2.45) is 0 Å². The summed E-state index contributed by atoms with van der Waals surface area (Å²) in [5, 5.41) is 4.48. The molecule has 0 aliphatic rings. The molecule has 3 aromatic heterocycles. The summed E-state index contributed by atoms with van der Waals surface area (Å²) in [5.74, 6) is 0.672. The van der Waals surface area contributed by atoms with Crippen LogP contribution in [0, 0.1) is 0 Å². The van der Waals surface area contributed by atoms with Gasteiger partial charge in [-0.1, -0.05) is 103 Å². The van der Waals surface area contributed by atoms with E-state index in [2.05, 4.69) is 108 Å². The molecule has 0 saturated heterocycles. The van der Waals surface area contributed by atoms with E-state index in [1.165, 1.54) is 16.3 Å². The van der Waals surface area contributed by atoms with E-state index in [1.54, 1.807) is 0 Å². The van der Waals surface area contributed by atoms with Gasteiger partial charge in [-0.15, -0.1) is 0 Å². The lowest BCUT2D eigenvalue weighted by molar-refractivity contribution is 0.669. The minimum Gasteiger partial charge on any atom is -0.456 e. The largest absolute Gasteiger partial charge is 0.456 e. The third-order valence-corrected chi connectivity index (χ3v) is 8.42. The van der Waals surface area contributed by atoms with Gasteiger partial charge >= 0.3 is 0 Å². The molecule has 206 valence electrons. The van der Waals surface area contributed by atoms with E-state index in [4.69, 9.17) is 14.4 Å². The Morgan fingerprint density at radius 3 is 1.95 bits per heavy atom. The molecule has 0 N–H and O–H groups in total. The minimum absolute atomic E-state index is 0.672. The molecule has 0 spiro atoms. The summed E-state index contributed by atoms with van der Waals surface area (Å²) in [5.41, 5.74) is 9.95. The van der Waals surface area contributed by atoms with Crippen LogP contribution in [0.25, 0.3) is 83.3 Å². The summed E-state index contributed by atoms with van der Waals surface area (Å²) in [7, 11) is 0. The highest BCUT2D eigenvalue weighted by Crippen LogP contribution is 2.38. The molecule has 44 heavy (non-hydrogen) atoms. The number of furan rings is 1. The normalized spacial score (nSPS) is 11.6. The van der Waals surface area contributed by atoms with E-state index >= 15 is 0 Å². The number of hydrogen-bond donors (Lipinski definition) is 0. The average Bonchev–Trinajstić information content (AvgIpc) is 3.64. The molecule has 6 aromatic carbocycles. The molecule has 4 nitrogen and oxygen atoms in total. The lowest BCUT2D eigenvalue weighted by atomic mass is 10.0. The summed E-state index contributed by atoms with van der Waals surface area (Å²) >= 11 is 0. The van der Waals surface area contributed by atoms with E-state index in [1.807, 2.05) is 48.5 Å². The number of hydrogen-bond acceptors (Lipinski definition) is 3. The molecule has 0 aliphatic carbocycles. The van der Waals surface area contributed by atoms with Gasteiger partial charge in [-0.25, -0.2) is 9.97 Å². The minimum atomic E-state index is 0.672. The zero-order chi connectivity index (χ0) is 29.0. The van der Waals surface area contributed by atoms with Crippen molar-refractivity contribution in [2.75, 3.05) is 0 Å². The molecule has 3 heterocycles. The van der Waals surface area contributed by atoms with Gasteiger partial charge in [-0.2, -0.15) is 0 Å². The van der Waals surface area contributed by atoms with E-state index in [-0.39, 0.29) is 0 Å². The van der Waals surface area contributed by atoms with Gasteiger partial charge in [0.25, 0.3) is 0 Å². The number of aromatic nitrogens is 3. The van der Waals surface area contributed by atoms with Crippen LogP contribution in [0.2, 0.25) is 0 Å². The Bertz CT molecular complexity index is 2490. The number of para-hydroxylation sites is 3. The van der Waals surface area contributed by atoms with Crippen LogP contribution in [0.3, 0.4) is 0 Å². The Kier molecular flexibility index (Phi) is 5.47. The van der Waals surface area contributed by atoms with Crippen molar-refractivity contribution in [1.82, 2.24) is 14.5 Å². The SMILES string of the molecule is c1ccc(-c2cc(-c3ccc4c(c3)c3ccccc3n4-c3ccccc3)nc(-c3cccc4oc5ccccc5c34)n2)cc1. The van der Waals surface area contributed by atoms with Crippen LogP contribution in [0.5, 0.6) is 0 Å². The van der Waals surface area contributed by atoms with Crippen LogP contribution >= 0.6 is 0 Å². The fourth-order valence-corrected chi connectivity index (χ4v) is 6.42. The summed E-state index contributed by atoms with van der Waals surface area (Å²) < 4.78 is 8.55. The summed E-state index contributed by atoms with van der Waals surface area (Å²) in [4.78, 5) is 10.4. The van der Waals surface area contributed by atoms with Crippen molar-refractivity contribution in [3.63, 3.8) is 0 Å². The fraction of sp³-hybridized carbons (Fsp3) is 0. The van der Waals surface area contributed by atoms with Crippen LogP contribution in [0.1, 0.15) is 0 Å². The number of fused-ring (bicyclic) bond motifs is 6. The Hall–Kier alpha value is -6.00. The first-order valence-corrected chi connectivity index (χ1v) is 14.8. The van der Waals surface area contributed by atoms with Gasteiger partial charge in [0, 0.05) is 43.9 Å². The quantitative estimate of drug-likeness (QED) is 0.214. The lowest BCUT2D eigenvalue weighted by Crippen LogP contribution is -1.96. The third-order valence-electron chi connectivity index (χ3n) is 8.42. The van der Waals surface area contributed by atoms with Gasteiger partial charge in [-0.3, -0.25) is 0 Å². The first-order chi connectivity index (χ1) is 21.8. The Morgan fingerprint density at radius 2 is 1.11 bits per heavy atom. The van der Waals surface area contributed by atoms with Gasteiger partial charge in [0.15, 0.2) is 5.82 Å². The second-order valence-electron chi connectivity index (χ2n) is 11.0. The molecule has 4 heteroatoms. The zero-order valence-electron chi connectivity index (χ0n) is 23.7. The third kappa shape index (κ3) is 3.85. The van der Waals surface area contributed by atoms with Crippen molar-refractivity contribution in [1.29, 1.82) is 0 Å². The maximum atomic E-state index is 6.21. The molecule has 0 amide bonds. The molecule has 0 unspecified atom stereocenters. The Balaban J connectivity index is 1.30. The summed E-state index contributed by atoms with van der Waals surface area (Å²) in [6, 6.07) is 52.5. The fourth-order valence-electron chi connectivity index (χ4n) is 6.42. The molecule has 9 aromatic rings. The van der Waals surface area contributed by atoms with Crippen molar-refractivity contribution >= 4 is 43.7 Å². The Morgan fingerprint density at radius 1 is 0.455 bits per heavy atom. The van der Waals surface area contributed by atoms with Crippen molar-refractivity contribution in [3.8, 4) is 39.6 Å². The first kappa shape index (κ1) is 24.6. The molecule has 0 radical (unpaired) electrons. The van der Waals surface area contributed by atoms with Crippen LogP contribution in [0.4, 0.5) is 0 Å². The molecule has 0 aliphatic heterocycles. The molecular formula is C40H25N3O. The maximum Gasteiger partial charge on any atom is 0.161 e. The maximum absolute atomic E-state index is 6.21. The second kappa shape index (κ2) is 9.79.